The van der Waals surface area contributed by atoms with Crippen molar-refractivity contribution in [3.63, 3.8) is 0 Å². The van der Waals surface area contributed by atoms with Crippen LogP contribution in [0.3, 0.4) is 0 Å². The first-order valence-electron chi connectivity index (χ1n) is 5.38. The highest BCUT2D eigenvalue weighted by molar-refractivity contribution is 6.02. The topological polar surface area (TPSA) is 25.2 Å². The van der Waals surface area contributed by atoms with Crippen LogP contribution in [0.2, 0.25) is 0 Å². The summed E-state index contributed by atoms with van der Waals surface area (Å²) in [7, 11) is 0. The van der Waals surface area contributed by atoms with Gasteiger partial charge in [0, 0.05) is 30.2 Å². The van der Waals surface area contributed by atoms with Gasteiger partial charge in [0.2, 0.25) is 0 Å². The molecule has 2 heterocycles. The predicted octanol–water partition coefficient (Wildman–Crippen LogP) is 2.62. The number of hydrogen-bond donors (Lipinski definition) is 0. The zero-order chi connectivity index (χ0) is 9.80. The van der Waals surface area contributed by atoms with Crippen LogP contribution in [-0.4, -0.2) is 17.2 Å². The minimum Gasteiger partial charge on any atom is -0.289 e. The molecule has 2 rings (SSSR count). The molecule has 0 atom stereocenters. The normalized spacial score (nSPS) is 15.6. The molecule has 0 saturated carbocycles. The van der Waals surface area contributed by atoms with Gasteiger partial charge in [0.05, 0.1) is 0 Å². The average Bonchev–Trinajstić information content (AvgIpc) is 2.72. The van der Waals surface area contributed by atoms with Crippen LogP contribution in [0.4, 0.5) is 0 Å². The van der Waals surface area contributed by atoms with Crippen molar-refractivity contribution < 1.29 is 0 Å². The average molecular weight is 188 g/mol. The van der Waals surface area contributed by atoms with E-state index < -0.39 is 0 Å². The van der Waals surface area contributed by atoms with Crippen LogP contribution < -0.4 is 0 Å². The Kier molecular flexibility index (Phi) is 2.92. The minimum atomic E-state index is 0.996. The van der Waals surface area contributed by atoms with Crippen LogP contribution >= 0.6 is 0 Å². The van der Waals surface area contributed by atoms with Gasteiger partial charge in [0.15, 0.2) is 0 Å². The summed E-state index contributed by atoms with van der Waals surface area (Å²) in [4.78, 5) is 8.72. The van der Waals surface area contributed by atoms with Gasteiger partial charge in [0.25, 0.3) is 0 Å². The van der Waals surface area contributed by atoms with Gasteiger partial charge in [-0.2, -0.15) is 0 Å². The number of rotatable bonds is 3. The molecular weight excluding hydrogens is 172 g/mol. The second-order valence-electron chi connectivity index (χ2n) is 3.71. The summed E-state index contributed by atoms with van der Waals surface area (Å²) in [6.45, 7) is 3.20. The highest BCUT2D eigenvalue weighted by Crippen LogP contribution is 2.17. The summed E-state index contributed by atoms with van der Waals surface area (Å²) in [6, 6.07) is 2.12. The smallest absolute Gasteiger partial charge is 0.0439 e. The molecule has 0 N–H and O–H groups in total. The van der Waals surface area contributed by atoms with Crippen LogP contribution in [0, 0.1) is 0 Å². The van der Waals surface area contributed by atoms with Gasteiger partial charge >= 0.3 is 0 Å². The number of nitrogens with zero attached hydrogens (tertiary/aromatic N) is 2. The summed E-state index contributed by atoms with van der Waals surface area (Å²) in [5.41, 5.74) is 3.96. The summed E-state index contributed by atoms with van der Waals surface area (Å²) < 4.78 is 0. The number of hydrogen-bond acceptors (Lipinski definition) is 2. The highest BCUT2D eigenvalue weighted by atomic mass is 14.8. The van der Waals surface area contributed by atoms with Crippen molar-refractivity contribution in [2.75, 3.05) is 6.54 Å². The molecule has 0 amide bonds. The first kappa shape index (κ1) is 9.38. The van der Waals surface area contributed by atoms with E-state index >= 15 is 0 Å². The summed E-state index contributed by atoms with van der Waals surface area (Å²) in [5.74, 6) is 0. The van der Waals surface area contributed by atoms with Crippen LogP contribution in [-0.2, 0) is 6.42 Å². The van der Waals surface area contributed by atoms with E-state index in [2.05, 4.69) is 23.0 Å². The molecule has 0 saturated heterocycles. The molecule has 0 bridgehead atoms. The summed E-state index contributed by atoms with van der Waals surface area (Å²) in [6.07, 6.45) is 8.50. The monoisotopic (exact) mass is 188 g/mol. The lowest BCUT2D eigenvalue weighted by Crippen LogP contribution is -2.02. The van der Waals surface area contributed by atoms with Crippen molar-refractivity contribution in [1.82, 2.24) is 4.98 Å². The van der Waals surface area contributed by atoms with Crippen molar-refractivity contribution in [3.05, 3.63) is 29.6 Å². The molecule has 2 nitrogen and oxygen atoms in total. The SMILES string of the molecule is CCCc1ccncc1C1=NCCC1. The molecule has 1 aliphatic rings. The van der Waals surface area contributed by atoms with Crippen molar-refractivity contribution >= 4 is 5.71 Å². The van der Waals surface area contributed by atoms with Gasteiger partial charge < -0.3 is 0 Å². The second-order valence-corrected chi connectivity index (χ2v) is 3.71. The fraction of sp³-hybridized carbons (Fsp3) is 0.500. The number of aliphatic imine (C=N–C) groups is 1. The molecule has 14 heavy (non-hydrogen) atoms. The van der Waals surface area contributed by atoms with Crippen molar-refractivity contribution in [2.45, 2.75) is 32.6 Å². The number of pyridine rings is 1. The van der Waals surface area contributed by atoms with Crippen molar-refractivity contribution in [1.29, 1.82) is 0 Å². The van der Waals surface area contributed by atoms with E-state index in [1.165, 1.54) is 29.7 Å². The predicted molar refractivity (Wildman–Crippen MR) is 58.9 cm³/mol. The number of aromatic nitrogens is 1. The Balaban J connectivity index is 2.31. The molecule has 0 fully saturated rings. The maximum atomic E-state index is 4.53. The Morgan fingerprint density at radius 2 is 2.36 bits per heavy atom. The van der Waals surface area contributed by atoms with E-state index in [1.807, 2.05) is 12.4 Å². The molecule has 0 unspecified atom stereocenters. The molecule has 0 radical (unpaired) electrons. The minimum absolute atomic E-state index is 0.996. The van der Waals surface area contributed by atoms with Crippen molar-refractivity contribution in [3.8, 4) is 0 Å². The van der Waals surface area contributed by atoms with Crippen LogP contribution in [0.1, 0.15) is 37.3 Å². The zero-order valence-electron chi connectivity index (χ0n) is 8.66. The maximum absolute atomic E-state index is 4.53. The van der Waals surface area contributed by atoms with Crippen LogP contribution in [0.15, 0.2) is 23.5 Å². The van der Waals surface area contributed by atoms with Gasteiger partial charge in [-0.25, -0.2) is 0 Å². The van der Waals surface area contributed by atoms with E-state index in [4.69, 9.17) is 0 Å². The molecule has 2 heteroatoms. The third-order valence-electron chi connectivity index (χ3n) is 2.62. The fourth-order valence-corrected chi connectivity index (χ4v) is 1.93. The van der Waals surface area contributed by atoms with Crippen LogP contribution in [0.5, 0.6) is 0 Å². The second kappa shape index (κ2) is 4.36. The Morgan fingerprint density at radius 3 is 3.07 bits per heavy atom. The van der Waals surface area contributed by atoms with Gasteiger partial charge in [-0.15, -0.1) is 0 Å². The Hall–Kier alpha value is -1.18. The third kappa shape index (κ3) is 1.84. The van der Waals surface area contributed by atoms with E-state index in [0.29, 0.717) is 0 Å². The molecular formula is C12H16N2. The number of aryl methyl sites for hydroxylation is 1. The van der Waals surface area contributed by atoms with Gasteiger partial charge in [-0.3, -0.25) is 9.98 Å². The lowest BCUT2D eigenvalue weighted by Gasteiger charge is -2.06. The lowest BCUT2D eigenvalue weighted by atomic mass is 10.0. The van der Waals surface area contributed by atoms with E-state index in [-0.39, 0.29) is 0 Å². The van der Waals surface area contributed by atoms with Gasteiger partial charge in [-0.1, -0.05) is 13.3 Å². The van der Waals surface area contributed by atoms with Gasteiger partial charge in [0.1, 0.15) is 0 Å². The van der Waals surface area contributed by atoms with E-state index in [0.717, 1.165) is 19.4 Å². The largest absolute Gasteiger partial charge is 0.289 e. The third-order valence-corrected chi connectivity index (χ3v) is 2.62. The highest BCUT2D eigenvalue weighted by Gasteiger charge is 2.12. The molecule has 0 aromatic carbocycles. The molecule has 0 aliphatic carbocycles. The Bertz CT molecular complexity index is 342. The van der Waals surface area contributed by atoms with Gasteiger partial charge in [-0.05, 0) is 30.9 Å². The van der Waals surface area contributed by atoms with Crippen molar-refractivity contribution in [2.24, 2.45) is 4.99 Å². The fourth-order valence-electron chi connectivity index (χ4n) is 1.93. The first-order valence-corrected chi connectivity index (χ1v) is 5.38. The molecule has 1 aliphatic heterocycles. The quantitative estimate of drug-likeness (QED) is 0.715. The molecule has 74 valence electrons. The van der Waals surface area contributed by atoms with Crippen LogP contribution in [0.25, 0.3) is 0 Å². The van der Waals surface area contributed by atoms with E-state index in [1.54, 1.807) is 0 Å². The van der Waals surface area contributed by atoms with E-state index in [9.17, 15) is 0 Å². The lowest BCUT2D eigenvalue weighted by molar-refractivity contribution is 0.914. The first-order chi connectivity index (χ1) is 6.92. The zero-order valence-corrected chi connectivity index (χ0v) is 8.66. The summed E-state index contributed by atoms with van der Waals surface area (Å²) in [5, 5.41) is 0. The molecule has 1 aromatic heterocycles. The molecule has 1 aromatic rings. The Labute approximate surface area is 85.1 Å². The molecule has 0 spiro atoms. The maximum Gasteiger partial charge on any atom is 0.0439 e. The Morgan fingerprint density at radius 1 is 1.43 bits per heavy atom. The summed E-state index contributed by atoms with van der Waals surface area (Å²) >= 11 is 0. The standard InChI is InChI=1S/C12H16N2/c1-2-4-10-6-8-13-9-11(10)12-5-3-7-14-12/h6,8-9H,2-5,7H2,1H3.